The van der Waals surface area contributed by atoms with E-state index in [4.69, 9.17) is 12.2 Å². The Morgan fingerprint density at radius 3 is 2.96 bits per heavy atom. The molecule has 130 valence electrons. The lowest BCUT2D eigenvalue weighted by Gasteiger charge is -2.18. The SMILES string of the molecule is CN(C)CCCNC(=S)N=C1SCCN1c1ccccc1[N+](=O)[O-]. The highest BCUT2D eigenvalue weighted by atomic mass is 32.2. The van der Waals surface area contributed by atoms with E-state index in [-0.39, 0.29) is 10.6 Å². The molecule has 0 amide bonds. The van der Waals surface area contributed by atoms with E-state index in [0.29, 0.717) is 22.5 Å². The maximum atomic E-state index is 11.2. The maximum absolute atomic E-state index is 11.2. The van der Waals surface area contributed by atoms with Crippen LogP contribution < -0.4 is 10.2 Å². The fourth-order valence-electron chi connectivity index (χ4n) is 2.28. The summed E-state index contributed by atoms with van der Waals surface area (Å²) in [6, 6.07) is 6.71. The summed E-state index contributed by atoms with van der Waals surface area (Å²) in [5, 5.41) is 15.5. The van der Waals surface area contributed by atoms with Gasteiger partial charge in [0.25, 0.3) is 5.69 Å². The molecule has 1 heterocycles. The summed E-state index contributed by atoms with van der Waals surface area (Å²) in [6.45, 7) is 2.41. The van der Waals surface area contributed by atoms with Crippen molar-refractivity contribution < 1.29 is 4.92 Å². The van der Waals surface area contributed by atoms with E-state index >= 15 is 0 Å². The number of thioether (sulfide) groups is 1. The quantitative estimate of drug-likeness (QED) is 0.358. The van der Waals surface area contributed by atoms with Crippen molar-refractivity contribution in [2.24, 2.45) is 4.99 Å². The highest BCUT2D eigenvalue weighted by molar-refractivity contribution is 8.14. The largest absolute Gasteiger partial charge is 0.361 e. The fourth-order valence-corrected chi connectivity index (χ4v) is 3.49. The van der Waals surface area contributed by atoms with Crippen LogP contribution in [0.2, 0.25) is 0 Å². The Kier molecular flexibility index (Phi) is 6.95. The first-order valence-corrected chi connectivity index (χ1v) is 9.03. The Bertz CT molecular complexity index is 636. The highest BCUT2D eigenvalue weighted by Crippen LogP contribution is 2.32. The van der Waals surface area contributed by atoms with Gasteiger partial charge in [0.05, 0.1) is 4.92 Å². The number of nitro benzene ring substituents is 1. The zero-order valence-electron chi connectivity index (χ0n) is 13.8. The Balaban J connectivity index is 2.05. The Hall–Kier alpha value is -1.71. The molecule has 1 fully saturated rings. The van der Waals surface area contributed by atoms with Gasteiger partial charge in [-0.1, -0.05) is 23.9 Å². The number of hydrogen-bond acceptors (Lipinski definition) is 5. The minimum atomic E-state index is -0.367. The molecule has 24 heavy (non-hydrogen) atoms. The lowest BCUT2D eigenvalue weighted by Crippen LogP contribution is -2.29. The predicted octanol–water partition coefficient (Wildman–Crippen LogP) is 2.33. The standard InChI is InChI=1S/C15H21N5O2S2/c1-18(2)9-5-8-16-14(23)17-15-19(10-11-24-15)12-6-3-4-7-13(12)20(21)22/h3-4,6-7H,5,8-11H2,1-2H3,(H,16,23). The van der Waals surface area contributed by atoms with E-state index in [1.807, 2.05) is 19.0 Å². The molecule has 1 aliphatic heterocycles. The summed E-state index contributed by atoms with van der Waals surface area (Å²) in [5.74, 6) is 0.828. The van der Waals surface area contributed by atoms with E-state index in [0.717, 1.165) is 25.3 Å². The third-order valence-electron chi connectivity index (χ3n) is 3.40. The predicted molar refractivity (Wildman–Crippen MR) is 104 cm³/mol. The van der Waals surface area contributed by atoms with Gasteiger partial charge in [-0.15, -0.1) is 0 Å². The number of thiocarbonyl (C=S) groups is 1. The van der Waals surface area contributed by atoms with Gasteiger partial charge in [-0.2, -0.15) is 4.99 Å². The molecule has 2 rings (SSSR count). The van der Waals surface area contributed by atoms with Crippen LogP contribution in [0.1, 0.15) is 6.42 Å². The van der Waals surface area contributed by atoms with Gasteiger partial charge in [0.1, 0.15) is 5.69 Å². The first kappa shape index (κ1) is 18.6. The fraction of sp³-hybridized carbons (Fsp3) is 0.467. The van der Waals surface area contributed by atoms with Gasteiger partial charge in [0.15, 0.2) is 10.3 Å². The molecule has 0 saturated carbocycles. The summed E-state index contributed by atoms with van der Waals surface area (Å²) >= 11 is 6.83. The Morgan fingerprint density at radius 1 is 1.50 bits per heavy atom. The first-order valence-electron chi connectivity index (χ1n) is 7.64. The molecule has 1 saturated heterocycles. The normalized spacial score (nSPS) is 16.0. The summed E-state index contributed by atoms with van der Waals surface area (Å²) in [5.41, 5.74) is 0.638. The minimum absolute atomic E-state index is 0.0811. The lowest BCUT2D eigenvalue weighted by molar-refractivity contribution is -0.384. The van der Waals surface area contributed by atoms with Crippen molar-refractivity contribution in [1.82, 2.24) is 10.2 Å². The molecule has 9 heteroatoms. The minimum Gasteiger partial charge on any atom is -0.361 e. The maximum Gasteiger partial charge on any atom is 0.292 e. The van der Waals surface area contributed by atoms with Gasteiger partial charge >= 0.3 is 0 Å². The van der Waals surface area contributed by atoms with Crippen molar-refractivity contribution in [3.63, 3.8) is 0 Å². The zero-order valence-corrected chi connectivity index (χ0v) is 15.4. The van der Waals surface area contributed by atoms with Crippen LogP contribution in [0.25, 0.3) is 0 Å². The number of para-hydroxylation sites is 2. The van der Waals surface area contributed by atoms with Gasteiger partial charge in [-0.05, 0) is 45.3 Å². The third kappa shape index (κ3) is 5.15. The molecule has 0 aromatic heterocycles. The van der Waals surface area contributed by atoms with Crippen LogP contribution in [0.4, 0.5) is 11.4 Å². The molecule has 0 atom stereocenters. The van der Waals surface area contributed by atoms with Crippen LogP contribution in [-0.2, 0) is 0 Å². The molecule has 0 spiro atoms. The molecule has 0 bridgehead atoms. The number of anilines is 1. The molecule has 0 aliphatic carbocycles. The molecule has 0 radical (unpaired) electrons. The number of benzene rings is 1. The Labute approximate surface area is 151 Å². The number of rotatable bonds is 6. The molecular weight excluding hydrogens is 346 g/mol. The highest BCUT2D eigenvalue weighted by Gasteiger charge is 2.27. The van der Waals surface area contributed by atoms with E-state index < -0.39 is 0 Å². The monoisotopic (exact) mass is 367 g/mol. The summed E-state index contributed by atoms with van der Waals surface area (Å²) < 4.78 is 0. The van der Waals surface area contributed by atoms with E-state index in [1.54, 1.807) is 30.0 Å². The average Bonchev–Trinajstić information content (AvgIpc) is 2.99. The van der Waals surface area contributed by atoms with Gasteiger partial charge in [-0.25, -0.2) is 0 Å². The molecule has 1 aromatic rings. The summed E-state index contributed by atoms with van der Waals surface area (Å²) in [6.07, 6.45) is 0.971. The third-order valence-corrected chi connectivity index (χ3v) is 4.59. The van der Waals surface area contributed by atoms with Crippen LogP contribution in [0.3, 0.4) is 0 Å². The van der Waals surface area contributed by atoms with Gasteiger partial charge in [0, 0.05) is 24.9 Å². The second kappa shape index (κ2) is 8.95. The summed E-state index contributed by atoms with van der Waals surface area (Å²) in [4.78, 5) is 19.3. The average molecular weight is 368 g/mol. The van der Waals surface area contributed by atoms with Crippen LogP contribution in [0, 0.1) is 10.1 Å². The lowest BCUT2D eigenvalue weighted by atomic mass is 10.2. The van der Waals surface area contributed by atoms with Crippen LogP contribution in [-0.4, -0.2) is 59.6 Å². The van der Waals surface area contributed by atoms with Gasteiger partial charge in [0.2, 0.25) is 0 Å². The van der Waals surface area contributed by atoms with Crippen molar-refractivity contribution in [2.75, 3.05) is 44.4 Å². The molecule has 1 aromatic carbocycles. The second-order valence-electron chi connectivity index (χ2n) is 5.53. The molecule has 0 unspecified atom stereocenters. The molecular formula is C15H21N5O2S2. The molecule has 1 N–H and O–H groups in total. The van der Waals surface area contributed by atoms with Crippen LogP contribution >= 0.6 is 24.0 Å². The van der Waals surface area contributed by atoms with Crippen molar-refractivity contribution in [2.45, 2.75) is 6.42 Å². The van der Waals surface area contributed by atoms with E-state index in [1.165, 1.54) is 6.07 Å². The van der Waals surface area contributed by atoms with E-state index in [9.17, 15) is 10.1 Å². The molecule has 1 aliphatic rings. The topological polar surface area (TPSA) is 74.0 Å². The zero-order chi connectivity index (χ0) is 17.5. The van der Waals surface area contributed by atoms with E-state index in [2.05, 4.69) is 15.2 Å². The number of hydrogen-bond donors (Lipinski definition) is 1. The smallest absolute Gasteiger partial charge is 0.292 e. The number of nitrogens with zero attached hydrogens (tertiary/aromatic N) is 4. The van der Waals surface area contributed by atoms with Crippen molar-refractivity contribution >= 4 is 45.6 Å². The summed E-state index contributed by atoms with van der Waals surface area (Å²) in [7, 11) is 4.05. The Morgan fingerprint density at radius 2 is 2.25 bits per heavy atom. The first-order chi connectivity index (χ1) is 11.5. The van der Waals surface area contributed by atoms with Gasteiger partial charge < -0.3 is 15.1 Å². The van der Waals surface area contributed by atoms with Crippen molar-refractivity contribution in [1.29, 1.82) is 0 Å². The molecule has 7 nitrogen and oxygen atoms in total. The number of nitro groups is 1. The van der Waals surface area contributed by atoms with Crippen molar-refractivity contribution in [3.8, 4) is 0 Å². The number of amidine groups is 1. The van der Waals surface area contributed by atoms with Crippen molar-refractivity contribution in [3.05, 3.63) is 34.4 Å². The van der Waals surface area contributed by atoms with Gasteiger partial charge in [-0.3, -0.25) is 10.1 Å². The second-order valence-corrected chi connectivity index (χ2v) is 6.98. The van der Waals surface area contributed by atoms with Crippen LogP contribution in [0.5, 0.6) is 0 Å². The number of aliphatic imine (C=N–C) groups is 1. The van der Waals surface area contributed by atoms with Crippen LogP contribution in [0.15, 0.2) is 29.3 Å². The number of nitrogens with one attached hydrogen (secondary N) is 1.